The van der Waals surface area contributed by atoms with Gasteiger partial charge in [0, 0.05) is 25.9 Å². The first-order chi connectivity index (χ1) is 14.4. The molecule has 170 valence electrons. The maximum atomic E-state index is 13.4. The predicted octanol–water partition coefficient (Wildman–Crippen LogP) is 3.20. The molecule has 0 fully saturated rings. The van der Waals surface area contributed by atoms with Crippen molar-refractivity contribution in [3.8, 4) is 0 Å². The monoisotopic (exact) mass is 456 g/mol. The molecule has 2 rings (SSSR count). The van der Waals surface area contributed by atoms with Gasteiger partial charge in [-0.2, -0.15) is 4.31 Å². The molecule has 1 amide bonds. The van der Waals surface area contributed by atoms with Crippen molar-refractivity contribution in [3.63, 3.8) is 0 Å². The van der Waals surface area contributed by atoms with E-state index < -0.39 is 33.5 Å². The average Bonchev–Trinajstić information content (AvgIpc) is 2.68. The van der Waals surface area contributed by atoms with E-state index in [0.717, 1.165) is 28.6 Å². The minimum Gasteiger partial charge on any atom is -0.465 e. The van der Waals surface area contributed by atoms with Gasteiger partial charge < -0.3 is 15.5 Å². The average molecular weight is 457 g/mol. The highest BCUT2D eigenvalue weighted by molar-refractivity contribution is 7.89. The van der Waals surface area contributed by atoms with Crippen LogP contribution < -0.4 is 5.32 Å². The summed E-state index contributed by atoms with van der Waals surface area (Å²) in [6, 6.07) is 9.43. The maximum Gasteiger partial charge on any atom is 0.404 e. The Balaban J connectivity index is 2.52. The molecule has 0 aromatic heterocycles. The first-order valence-corrected chi connectivity index (χ1v) is 11.1. The van der Waals surface area contributed by atoms with E-state index >= 15 is 0 Å². The number of hydrogen-bond acceptors (Lipinski definition) is 4. The van der Waals surface area contributed by atoms with Crippen LogP contribution in [0.2, 0.25) is 0 Å². The fraction of sp³-hybridized carbons (Fsp3) is 0.381. The molecule has 2 aromatic rings. The Kier molecular flexibility index (Phi) is 8.10. The highest BCUT2D eigenvalue weighted by Crippen LogP contribution is 2.30. The molecule has 0 saturated heterocycles. The maximum absolute atomic E-state index is 13.4. The second kappa shape index (κ2) is 10.2. The predicted molar refractivity (Wildman–Crippen MR) is 111 cm³/mol. The van der Waals surface area contributed by atoms with Crippen LogP contribution in [0.15, 0.2) is 53.4 Å². The molecule has 2 aromatic carbocycles. The number of amides is 1. The van der Waals surface area contributed by atoms with E-state index in [2.05, 4.69) is 5.32 Å². The summed E-state index contributed by atoms with van der Waals surface area (Å²) in [6.07, 6.45) is -1.79. The van der Waals surface area contributed by atoms with Crippen LogP contribution in [0.3, 0.4) is 0 Å². The minimum atomic E-state index is -4.28. The van der Waals surface area contributed by atoms with Gasteiger partial charge in [0.15, 0.2) is 0 Å². The number of carboxylic acid groups (broad SMARTS) is 1. The van der Waals surface area contributed by atoms with Crippen molar-refractivity contribution in [1.82, 2.24) is 9.62 Å². The zero-order valence-corrected chi connectivity index (χ0v) is 18.1. The fourth-order valence-electron chi connectivity index (χ4n) is 3.16. The standard InChI is InChI=1S/C21H26F2N2O5S/c1-15(2)14-25(31(29,30)19-9-7-18(23)8-10-19)21(28,11-12-24-20(26)27)13-16-3-5-17(22)6-4-16/h3-10,15,24,28H,11-14H2,1-2H3,(H,26,27). The van der Waals surface area contributed by atoms with Crippen LogP contribution in [0.1, 0.15) is 25.8 Å². The molecule has 0 spiro atoms. The number of carbonyl (C=O) groups is 1. The Bertz CT molecular complexity index is 982. The summed E-state index contributed by atoms with van der Waals surface area (Å²) in [4.78, 5) is 10.7. The van der Waals surface area contributed by atoms with Gasteiger partial charge >= 0.3 is 6.09 Å². The van der Waals surface area contributed by atoms with Crippen molar-refractivity contribution in [2.75, 3.05) is 13.1 Å². The van der Waals surface area contributed by atoms with Crippen LogP contribution in [0.4, 0.5) is 13.6 Å². The first-order valence-electron chi connectivity index (χ1n) is 9.66. The van der Waals surface area contributed by atoms with Gasteiger partial charge in [-0.1, -0.05) is 26.0 Å². The van der Waals surface area contributed by atoms with Gasteiger partial charge in [-0.05, 0) is 47.9 Å². The summed E-state index contributed by atoms with van der Waals surface area (Å²) in [5.74, 6) is -1.29. The number of benzene rings is 2. The normalized spacial score (nSPS) is 13.9. The smallest absolute Gasteiger partial charge is 0.404 e. The van der Waals surface area contributed by atoms with Crippen LogP contribution in [-0.4, -0.2) is 47.8 Å². The van der Waals surface area contributed by atoms with E-state index in [1.165, 1.54) is 24.3 Å². The molecule has 0 radical (unpaired) electrons. The quantitative estimate of drug-likeness (QED) is 0.476. The highest BCUT2D eigenvalue weighted by Gasteiger charge is 2.43. The molecular formula is C21H26F2N2O5S. The lowest BCUT2D eigenvalue weighted by molar-refractivity contribution is -0.0701. The van der Waals surface area contributed by atoms with Crippen molar-refractivity contribution < 1.29 is 32.2 Å². The summed E-state index contributed by atoms with van der Waals surface area (Å²) in [7, 11) is -4.28. The van der Waals surface area contributed by atoms with Crippen LogP contribution >= 0.6 is 0 Å². The Morgan fingerprint density at radius 1 is 1.06 bits per heavy atom. The molecule has 1 atom stereocenters. The van der Waals surface area contributed by atoms with Crippen LogP contribution in [0.5, 0.6) is 0 Å². The van der Waals surface area contributed by atoms with Crippen molar-refractivity contribution in [2.45, 2.75) is 37.3 Å². The van der Waals surface area contributed by atoms with E-state index in [1.54, 1.807) is 13.8 Å². The van der Waals surface area contributed by atoms with Crippen molar-refractivity contribution in [2.24, 2.45) is 5.92 Å². The molecule has 0 aliphatic carbocycles. The third kappa shape index (κ3) is 6.71. The SMILES string of the molecule is CC(C)CN(C(O)(CCNC(=O)O)Cc1ccc(F)cc1)S(=O)(=O)c1ccc(F)cc1. The summed E-state index contributed by atoms with van der Waals surface area (Å²) in [5, 5.41) is 22.6. The van der Waals surface area contributed by atoms with Crippen molar-refractivity contribution in [1.29, 1.82) is 0 Å². The first kappa shape index (κ1) is 24.7. The van der Waals surface area contributed by atoms with Gasteiger partial charge in [-0.3, -0.25) is 0 Å². The van der Waals surface area contributed by atoms with E-state index in [-0.39, 0.29) is 36.7 Å². The largest absolute Gasteiger partial charge is 0.465 e. The molecular weight excluding hydrogens is 430 g/mol. The lowest BCUT2D eigenvalue weighted by atomic mass is 9.98. The molecule has 1 unspecified atom stereocenters. The Morgan fingerprint density at radius 2 is 1.58 bits per heavy atom. The van der Waals surface area contributed by atoms with E-state index in [9.17, 15) is 27.1 Å². The van der Waals surface area contributed by atoms with Crippen molar-refractivity contribution in [3.05, 3.63) is 65.7 Å². The van der Waals surface area contributed by atoms with E-state index in [4.69, 9.17) is 5.11 Å². The second-order valence-electron chi connectivity index (χ2n) is 7.65. The zero-order chi connectivity index (χ0) is 23.2. The van der Waals surface area contributed by atoms with E-state index in [0.29, 0.717) is 5.56 Å². The third-order valence-electron chi connectivity index (χ3n) is 4.60. The van der Waals surface area contributed by atoms with Gasteiger partial charge in [-0.15, -0.1) is 0 Å². The zero-order valence-electron chi connectivity index (χ0n) is 17.3. The number of rotatable bonds is 10. The summed E-state index contributed by atoms with van der Waals surface area (Å²) >= 11 is 0. The van der Waals surface area contributed by atoms with Crippen LogP contribution in [-0.2, 0) is 16.4 Å². The third-order valence-corrected chi connectivity index (χ3v) is 6.54. The molecule has 0 saturated carbocycles. The number of hydrogen-bond donors (Lipinski definition) is 3. The molecule has 0 aliphatic rings. The Hall–Kier alpha value is -2.56. The minimum absolute atomic E-state index is 0.0789. The molecule has 0 heterocycles. The van der Waals surface area contributed by atoms with Gasteiger partial charge in [0.25, 0.3) is 0 Å². The van der Waals surface area contributed by atoms with Crippen LogP contribution in [0, 0.1) is 17.6 Å². The molecule has 3 N–H and O–H groups in total. The van der Waals surface area contributed by atoms with Gasteiger partial charge in [0.2, 0.25) is 10.0 Å². The summed E-state index contributed by atoms with van der Waals surface area (Å²) in [6.45, 7) is 3.23. The number of sulfonamides is 1. The van der Waals surface area contributed by atoms with Crippen LogP contribution in [0.25, 0.3) is 0 Å². The van der Waals surface area contributed by atoms with E-state index in [1.807, 2.05) is 0 Å². The lowest BCUT2D eigenvalue weighted by Gasteiger charge is -2.40. The molecule has 10 heteroatoms. The Labute approximate surface area is 180 Å². The molecule has 0 aliphatic heterocycles. The number of aliphatic hydroxyl groups is 1. The number of nitrogens with zero attached hydrogens (tertiary/aromatic N) is 1. The van der Waals surface area contributed by atoms with Crippen molar-refractivity contribution >= 4 is 16.1 Å². The highest BCUT2D eigenvalue weighted by atomic mass is 32.2. The van der Waals surface area contributed by atoms with Gasteiger partial charge in [-0.25, -0.2) is 22.0 Å². The number of nitrogens with one attached hydrogen (secondary N) is 1. The molecule has 7 nitrogen and oxygen atoms in total. The molecule has 31 heavy (non-hydrogen) atoms. The molecule has 0 bridgehead atoms. The topological polar surface area (TPSA) is 107 Å². The Morgan fingerprint density at radius 3 is 2.06 bits per heavy atom. The summed E-state index contributed by atoms with van der Waals surface area (Å²) in [5.41, 5.74) is -1.57. The second-order valence-corrected chi connectivity index (χ2v) is 9.51. The van der Waals surface area contributed by atoms with Gasteiger partial charge in [0.1, 0.15) is 17.4 Å². The number of halogens is 2. The van der Waals surface area contributed by atoms with Gasteiger partial charge in [0.05, 0.1) is 4.90 Å². The fourth-order valence-corrected chi connectivity index (χ4v) is 4.99. The summed E-state index contributed by atoms with van der Waals surface area (Å²) < 4.78 is 54.4. The lowest BCUT2D eigenvalue weighted by Crippen LogP contribution is -2.55.